The predicted molar refractivity (Wildman–Crippen MR) is 117 cm³/mol. The molecule has 1 amide bonds. The molecule has 1 fully saturated rings. The molecule has 0 aliphatic carbocycles. The van der Waals surface area contributed by atoms with E-state index in [1.807, 2.05) is 0 Å². The van der Waals surface area contributed by atoms with Crippen LogP contribution < -0.4 is 14.4 Å². The lowest BCUT2D eigenvalue weighted by molar-refractivity contribution is -0.132. The quantitative estimate of drug-likeness (QED) is 0.365. The number of aliphatic hydroxyl groups excluding tert-OH is 1. The fraction of sp³-hybridized carbons (Fsp3) is 0.120. The number of hydrogen-bond donors (Lipinski definition) is 1. The number of methoxy groups -OCH3 is 2. The maximum Gasteiger partial charge on any atom is 0.300 e. The number of benzene rings is 3. The summed E-state index contributed by atoms with van der Waals surface area (Å²) in [5.74, 6) is -1.79. The zero-order valence-corrected chi connectivity index (χ0v) is 17.4. The number of ketones is 1. The molecule has 3 aromatic carbocycles. The molecule has 3 aromatic rings. The fourth-order valence-electron chi connectivity index (χ4n) is 3.87. The first-order valence-electron chi connectivity index (χ1n) is 9.80. The summed E-state index contributed by atoms with van der Waals surface area (Å²) in [6.45, 7) is 0. The fourth-order valence-corrected chi connectivity index (χ4v) is 3.87. The topological polar surface area (TPSA) is 76.1 Å². The van der Waals surface area contributed by atoms with Crippen molar-refractivity contribution in [3.63, 3.8) is 0 Å². The summed E-state index contributed by atoms with van der Waals surface area (Å²) >= 11 is 0. The molecule has 32 heavy (non-hydrogen) atoms. The van der Waals surface area contributed by atoms with Crippen molar-refractivity contribution in [3.05, 3.63) is 95.3 Å². The molecule has 1 aliphatic heterocycles. The number of halogens is 1. The van der Waals surface area contributed by atoms with Crippen LogP contribution in [0.2, 0.25) is 0 Å². The van der Waals surface area contributed by atoms with Crippen LogP contribution in [0, 0.1) is 5.82 Å². The Bertz CT molecular complexity index is 1220. The first kappa shape index (κ1) is 21.1. The Labute approximate surface area is 184 Å². The number of nitrogens with zero attached hydrogens (tertiary/aromatic N) is 1. The highest BCUT2D eigenvalue weighted by Gasteiger charge is 2.48. The Morgan fingerprint density at radius 1 is 0.875 bits per heavy atom. The summed E-state index contributed by atoms with van der Waals surface area (Å²) < 4.78 is 24.3. The van der Waals surface area contributed by atoms with E-state index < -0.39 is 23.5 Å². The molecular weight excluding hydrogens is 413 g/mol. The molecule has 1 aliphatic rings. The molecule has 162 valence electrons. The van der Waals surface area contributed by atoms with Crippen molar-refractivity contribution >= 4 is 23.1 Å². The summed E-state index contributed by atoms with van der Waals surface area (Å²) in [5.41, 5.74) is 0.957. The summed E-state index contributed by atoms with van der Waals surface area (Å²) in [4.78, 5) is 27.6. The Kier molecular flexibility index (Phi) is 5.64. The van der Waals surface area contributed by atoms with E-state index >= 15 is 0 Å². The van der Waals surface area contributed by atoms with E-state index in [9.17, 15) is 19.1 Å². The number of Topliss-reactive ketones (excluding diaryl/α,β-unsaturated/α-hetero) is 1. The van der Waals surface area contributed by atoms with Gasteiger partial charge in [-0.25, -0.2) is 4.39 Å². The average molecular weight is 433 g/mol. The van der Waals surface area contributed by atoms with Crippen molar-refractivity contribution in [1.29, 1.82) is 0 Å². The summed E-state index contributed by atoms with van der Waals surface area (Å²) in [7, 11) is 2.92. The van der Waals surface area contributed by atoms with Crippen molar-refractivity contribution in [2.24, 2.45) is 0 Å². The van der Waals surface area contributed by atoms with Gasteiger partial charge in [-0.15, -0.1) is 0 Å². The van der Waals surface area contributed by atoms with Gasteiger partial charge in [0.15, 0.2) is 0 Å². The second-order valence-corrected chi connectivity index (χ2v) is 7.09. The zero-order chi connectivity index (χ0) is 22.8. The monoisotopic (exact) mass is 433 g/mol. The highest BCUT2D eigenvalue weighted by atomic mass is 19.1. The minimum Gasteiger partial charge on any atom is -0.507 e. The van der Waals surface area contributed by atoms with Gasteiger partial charge in [0.25, 0.3) is 11.7 Å². The van der Waals surface area contributed by atoms with Gasteiger partial charge in [0.2, 0.25) is 0 Å². The summed E-state index contributed by atoms with van der Waals surface area (Å²) in [6, 6.07) is 17.8. The van der Waals surface area contributed by atoms with E-state index in [0.29, 0.717) is 22.7 Å². The Balaban J connectivity index is 2.00. The van der Waals surface area contributed by atoms with Crippen LogP contribution in [-0.2, 0) is 9.59 Å². The van der Waals surface area contributed by atoms with Crippen LogP contribution in [0.15, 0.2) is 78.4 Å². The number of rotatable bonds is 5. The van der Waals surface area contributed by atoms with Gasteiger partial charge in [-0.2, -0.15) is 0 Å². The maximum atomic E-state index is 13.5. The van der Waals surface area contributed by atoms with Crippen LogP contribution in [0.1, 0.15) is 17.2 Å². The number of ether oxygens (including phenoxy) is 2. The molecule has 0 bridgehead atoms. The lowest BCUT2D eigenvalue weighted by Crippen LogP contribution is -2.29. The average Bonchev–Trinajstić information content (AvgIpc) is 3.09. The van der Waals surface area contributed by atoms with Crippen LogP contribution in [-0.4, -0.2) is 31.0 Å². The standard InChI is InChI=1S/C25H20FNO5/c1-31-19-9-5-3-7-17(19)22-21(23(28)18-8-4-6-10-20(18)32-2)24(29)25(30)27(22)16-13-11-15(26)12-14-16/h3-14,22,28H,1-2H3/b23-21+. The van der Waals surface area contributed by atoms with Crippen molar-refractivity contribution in [1.82, 2.24) is 0 Å². The molecule has 1 heterocycles. The van der Waals surface area contributed by atoms with Gasteiger partial charge < -0.3 is 14.6 Å². The highest BCUT2D eigenvalue weighted by molar-refractivity contribution is 6.51. The molecule has 1 unspecified atom stereocenters. The molecule has 7 heteroatoms. The number of amides is 1. The lowest BCUT2D eigenvalue weighted by Gasteiger charge is -2.26. The Morgan fingerprint density at radius 2 is 1.47 bits per heavy atom. The molecule has 1 atom stereocenters. The largest absolute Gasteiger partial charge is 0.507 e. The first-order chi connectivity index (χ1) is 15.5. The second kappa shape index (κ2) is 8.55. The van der Waals surface area contributed by atoms with Gasteiger partial charge >= 0.3 is 0 Å². The lowest BCUT2D eigenvalue weighted by atomic mass is 9.94. The third-order valence-corrected chi connectivity index (χ3v) is 5.34. The minimum absolute atomic E-state index is 0.117. The SMILES string of the molecule is COc1ccccc1/C(O)=C1\C(=O)C(=O)N(c2ccc(F)cc2)C1c1ccccc1OC. The number of hydrogen-bond acceptors (Lipinski definition) is 5. The minimum atomic E-state index is -0.999. The second-order valence-electron chi connectivity index (χ2n) is 7.09. The van der Waals surface area contributed by atoms with Crippen molar-refractivity contribution in [2.75, 3.05) is 19.1 Å². The number of para-hydroxylation sites is 2. The van der Waals surface area contributed by atoms with Crippen molar-refractivity contribution in [3.8, 4) is 11.5 Å². The molecule has 6 nitrogen and oxygen atoms in total. The van der Waals surface area contributed by atoms with Gasteiger partial charge in [-0.3, -0.25) is 14.5 Å². The zero-order valence-electron chi connectivity index (χ0n) is 17.4. The van der Waals surface area contributed by atoms with Crippen LogP contribution >= 0.6 is 0 Å². The van der Waals surface area contributed by atoms with E-state index in [2.05, 4.69) is 0 Å². The normalized spacial score (nSPS) is 17.5. The first-order valence-corrected chi connectivity index (χ1v) is 9.80. The van der Waals surface area contributed by atoms with Crippen molar-refractivity contribution < 1.29 is 28.6 Å². The molecule has 0 spiro atoms. The molecular formula is C25H20FNO5. The van der Waals surface area contributed by atoms with Crippen molar-refractivity contribution in [2.45, 2.75) is 6.04 Å². The molecule has 0 aromatic heterocycles. The number of carbonyl (C=O) groups is 2. The van der Waals surface area contributed by atoms with Crippen LogP contribution in [0.25, 0.3) is 5.76 Å². The van der Waals surface area contributed by atoms with E-state index in [1.165, 1.54) is 43.4 Å². The highest BCUT2D eigenvalue weighted by Crippen LogP contribution is 2.45. The van der Waals surface area contributed by atoms with E-state index in [4.69, 9.17) is 9.47 Å². The molecule has 1 N–H and O–H groups in total. The number of carbonyl (C=O) groups excluding carboxylic acids is 2. The van der Waals surface area contributed by atoms with Gasteiger partial charge in [0.1, 0.15) is 23.1 Å². The molecule has 0 radical (unpaired) electrons. The third kappa shape index (κ3) is 3.47. The maximum absolute atomic E-state index is 13.5. The number of anilines is 1. The number of aliphatic hydroxyl groups is 1. The predicted octanol–water partition coefficient (Wildman–Crippen LogP) is 4.47. The Morgan fingerprint density at radius 3 is 2.12 bits per heavy atom. The molecule has 4 rings (SSSR count). The third-order valence-electron chi connectivity index (χ3n) is 5.34. The Hall–Kier alpha value is -4.13. The van der Waals surface area contributed by atoms with Crippen LogP contribution in [0.4, 0.5) is 10.1 Å². The van der Waals surface area contributed by atoms with Gasteiger partial charge in [0, 0.05) is 11.3 Å². The van der Waals surface area contributed by atoms with Gasteiger partial charge in [0.05, 0.1) is 31.4 Å². The summed E-state index contributed by atoms with van der Waals surface area (Å²) in [6.07, 6.45) is 0. The van der Waals surface area contributed by atoms with Crippen LogP contribution in [0.5, 0.6) is 11.5 Å². The smallest absolute Gasteiger partial charge is 0.300 e. The van der Waals surface area contributed by atoms with Gasteiger partial charge in [-0.05, 0) is 42.5 Å². The molecule has 1 saturated heterocycles. The van der Waals surface area contributed by atoms with E-state index in [0.717, 1.165) is 0 Å². The summed E-state index contributed by atoms with van der Waals surface area (Å²) in [5, 5.41) is 11.2. The van der Waals surface area contributed by atoms with E-state index in [1.54, 1.807) is 48.5 Å². The van der Waals surface area contributed by atoms with E-state index in [-0.39, 0.29) is 16.9 Å². The van der Waals surface area contributed by atoms with Gasteiger partial charge in [-0.1, -0.05) is 30.3 Å². The molecule has 0 saturated carbocycles. The van der Waals surface area contributed by atoms with Crippen LogP contribution in [0.3, 0.4) is 0 Å².